The fourth-order valence-electron chi connectivity index (χ4n) is 3.08. The van der Waals surface area contributed by atoms with Crippen molar-refractivity contribution < 1.29 is 32.6 Å². The summed E-state index contributed by atoms with van der Waals surface area (Å²) in [6.07, 6.45) is -4.05. The first kappa shape index (κ1) is 20.1. The Morgan fingerprint density at radius 3 is 2.54 bits per heavy atom. The van der Waals surface area contributed by atoms with Gasteiger partial charge in [-0.1, -0.05) is 6.42 Å². The molecule has 0 saturated heterocycles. The van der Waals surface area contributed by atoms with E-state index >= 15 is 0 Å². The molecule has 1 fully saturated rings. The molecule has 2 N–H and O–H groups in total. The number of hydrogen-bond acceptors (Lipinski definition) is 3. The Kier molecular flexibility index (Phi) is 6.15. The van der Waals surface area contributed by atoms with Crippen molar-refractivity contribution >= 4 is 17.6 Å². The van der Waals surface area contributed by atoms with E-state index in [4.69, 9.17) is 9.84 Å². The first-order valence-corrected chi connectivity index (χ1v) is 8.49. The normalized spacial score (nSPS) is 20.7. The van der Waals surface area contributed by atoms with E-state index in [-0.39, 0.29) is 35.9 Å². The molecule has 1 amide bonds. The van der Waals surface area contributed by atoms with Crippen molar-refractivity contribution in [1.29, 1.82) is 0 Å². The number of ether oxygens (including phenoxy) is 1. The van der Waals surface area contributed by atoms with Crippen molar-refractivity contribution in [3.8, 4) is 5.75 Å². The van der Waals surface area contributed by atoms with Gasteiger partial charge in [0.05, 0.1) is 23.3 Å². The van der Waals surface area contributed by atoms with Gasteiger partial charge in [-0.05, 0) is 51.3 Å². The van der Waals surface area contributed by atoms with Gasteiger partial charge in [0.15, 0.2) is 0 Å². The minimum absolute atomic E-state index is 0.0312. The van der Waals surface area contributed by atoms with Crippen LogP contribution in [0.3, 0.4) is 0 Å². The van der Waals surface area contributed by atoms with Crippen LogP contribution in [-0.2, 0) is 4.79 Å². The number of carbonyl (C=O) groups excluding carboxylic acids is 1. The van der Waals surface area contributed by atoms with E-state index in [1.54, 1.807) is 13.8 Å². The molecule has 26 heavy (non-hydrogen) atoms. The molecular weight excluding hydrogens is 351 g/mol. The molecule has 1 saturated carbocycles. The number of alkyl halides is 3. The molecule has 8 heteroatoms. The zero-order chi connectivity index (χ0) is 19.5. The van der Waals surface area contributed by atoms with Gasteiger partial charge < -0.3 is 15.2 Å². The van der Waals surface area contributed by atoms with Crippen molar-refractivity contribution in [3.05, 3.63) is 23.8 Å². The summed E-state index contributed by atoms with van der Waals surface area (Å²) in [5.74, 6) is -3.69. The monoisotopic (exact) mass is 373 g/mol. The number of halogens is 3. The fourth-order valence-corrected chi connectivity index (χ4v) is 3.08. The van der Waals surface area contributed by atoms with E-state index in [0.29, 0.717) is 12.8 Å². The summed E-state index contributed by atoms with van der Waals surface area (Å²) in [5.41, 5.74) is 0.103. The number of carboxylic acid groups (broad SMARTS) is 1. The third-order valence-electron chi connectivity index (χ3n) is 4.35. The lowest BCUT2D eigenvalue weighted by Gasteiger charge is -2.30. The van der Waals surface area contributed by atoms with Gasteiger partial charge in [-0.15, -0.1) is 0 Å². The lowest BCUT2D eigenvalue weighted by atomic mass is 9.80. The van der Waals surface area contributed by atoms with E-state index in [9.17, 15) is 22.8 Å². The molecule has 2 atom stereocenters. The maximum atomic E-state index is 12.9. The van der Waals surface area contributed by atoms with E-state index < -0.39 is 29.9 Å². The average molecular weight is 373 g/mol. The molecule has 0 aromatic heterocycles. The van der Waals surface area contributed by atoms with Crippen LogP contribution in [-0.4, -0.2) is 29.3 Å². The Bertz CT molecular complexity index is 673. The van der Waals surface area contributed by atoms with Gasteiger partial charge in [-0.3, -0.25) is 4.79 Å². The zero-order valence-corrected chi connectivity index (χ0v) is 14.6. The highest BCUT2D eigenvalue weighted by Gasteiger charge is 2.43. The molecular formula is C18H22F3NO4. The van der Waals surface area contributed by atoms with Gasteiger partial charge in [0.1, 0.15) is 5.75 Å². The van der Waals surface area contributed by atoms with Crippen molar-refractivity contribution in [2.75, 3.05) is 5.32 Å². The summed E-state index contributed by atoms with van der Waals surface area (Å²) >= 11 is 0. The summed E-state index contributed by atoms with van der Waals surface area (Å²) in [7, 11) is 0. The maximum absolute atomic E-state index is 12.9. The minimum atomic E-state index is -4.31. The molecule has 0 heterocycles. The summed E-state index contributed by atoms with van der Waals surface area (Å²) < 4.78 is 44.4. The van der Waals surface area contributed by atoms with E-state index in [0.717, 1.165) is 0 Å². The standard InChI is InChI=1S/C18H22F3NO4/c1-10(2)26-15-7-6-12(17(24)25)9-14(15)22-16(23)11-4-3-5-13(8-11)18(19,20)21/h6-7,9-11,13H,3-5,8H2,1-2H3,(H,22,23)(H,24,25). The van der Waals surface area contributed by atoms with Crippen LogP contribution in [0.25, 0.3) is 0 Å². The van der Waals surface area contributed by atoms with Crippen molar-refractivity contribution in [2.45, 2.75) is 51.8 Å². The number of carboxylic acids is 1. The van der Waals surface area contributed by atoms with Crippen LogP contribution in [0.1, 0.15) is 49.9 Å². The third-order valence-corrected chi connectivity index (χ3v) is 4.35. The maximum Gasteiger partial charge on any atom is 0.391 e. The van der Waals surface area contributed by atoms with Crippen LogP contribution < -0.4 is 10.1 Å². The molecule has 2 rings (SSSR count). The van der Waals surface area contributed by atoms with Crippen molar-refractivity contribution in [3.63, 3.8) is 0 Å². The molecule has 5 nitrogen and oxygen atoms in total. The van der Waals surface area contributed by atoms with Crippen molar-refractivity contribution in [1.82, 2.24) is 0 Å². The van der Waals surface area contributed by atoms with Gasteiger partial charge in [0.2, 0.25) is 5.91 Å². The summed E-state index contributed by atoms with van der Waals surface area (Å²) in [4.78, 5) is 23.6. The first-order chi connectivity index (χ1) is 12.1. The van der Waals surface area contributed by atoms with Crippen LogP contribution >= 0.6 is 0 Å². The Labute approximate surface area is 149 Å². The Morgan fingerprint density at radius 1 is 1.27 bits per heavy atom. The molecule has 0 bridgehead atoms. The van der Waals surface area contributed by atoms with E-state index in [2.05, 4.69) is 5.32 Å². The molecule has 1 aliphatic carbocycles. The number of nitrogens with one attached hydrogen (secondary N) is 1. The topological polar surface area (TPSA) is 75.6 Å². The molecule has 144 valence electrons. The van der Waals surface area contributed by atoms with Gasteiger partial charge >= 0.3 is 12.1 Å². The number of anilines is 1. The number of benzene rings is 1. The zero-order valence-electron chi connectivity index (χ0n) is 14.6. The Morgan fingerprint density at radius 2 is 1.96 bits per heavy atom. The second kappa shape index (κ2) is 7.97. The lowest BCUT2D eigenvalue weighted by molar-refractivity contribution is -0.185. The third kappa shape index (κ3) is 5.12. The summed E-state index contributed by atoms with van der Waals surface area (Å²) in [6.45, 7) is 3.54. The highest BCUT2D eigenvalue weighted by molar-refractivity contribution is 5.96. The van der Waals surface area contributed by atoms with E-state index in [1.165, 1.54) is 18.2 Å². The second-order valence-corrected chi connectivity index (χ2v) is 6.77. The summed E-state index contributed by atoms with van der Waals surface area (Å²) in [6, 6.07) is 4.02. The number of amides is 1. The lowest BCUT2D eigenvalue weighted by Crippen LogP contribution is -2.34. The predicted octanol–water partition coefficient (Wildman–Crippen LogP) is 4.48. The minimum Gasteiger partial charge on any atom is -0.489 e. The quantitative estimate of drug-likeness (QED) is 0.798. The molecule has 1 aromatic rings. The van der Waals surface area contributed by atoms with Crippen LogP contribution in [0.15, 0.2) is 18.2 Å². The van der Waals surface area contributed by atoms with Gasteiger partial charge in [0, 0.05) is 5.92 Å². The SMILES string of the molecule is CC(C)Oc1ccc(C(=O)O)cc1NC(=O)C1CCCC(C(F)(F)F)C1. The number of carbonyl (C=O) groups is 2. The van der Waals surface area contributed by atoms with Crippen LogP contribution in [0.2, 0.25) is 0 Å². The van der Waals surface area contributed by atoms with Crippen LogP contribution in [0, 0.1) is 11.8 Å². The number of hydrogen-bond donors (Lipinski definition) is 2. The van der Waals surface area contributed by atoms with Gasteiger partial charge in [0.25, 0.3) is 0 Å². The highest BCUT2D eigenvalue weighted by atomic mass is 19.4. The molecule has 1 aliphatic rings. The predicted molar refractivity (Wildman–Crippen MR) is 89.3 cm³/mol. The van der Waals surface area contributed by atoms with E-state index in [1.807, 2.05) is 0 Å². The highest BCUT2D eigenvalue weighted by Crippen LogP contribution is 2.40. The summed E-state index contributed by atoms with van der Waals surface area (Å²) in [5, 5.41) is 11.7. The van der Waals surface area contributed by atoms with Crippen molar-refractivity contribution in [2.24, 2.45) is 11.8 Å². The smallest absolute Gasteiger partial charge is 0.391 e. The van der Waals surface area contributed by atoms with Gasteiger partial charge in [-0.2, -0.15) is 13.2 Å². The van der Waals surface area contributed by atoms with Gasteiger partial charge in [-0.25, -0.2) is 4.79 Å². The molecule has 2 unspecified atom stereocenters. The second-order valence-electron chi connectivity index (χ2n) is 6.77. The Hall–Kier alpha value is -2.25. The number of rotatable bonds is 5. The van der Waals surface area contributed by atoms with Crippen LogP contribution in [0.4, 0.5) is 18.9 Å². The molecule has 0 radical (unpaired) electrons. The van der Waals surface area contributed by atoms with Crippen LogP contribution in [0.5, 0.6) is 5.75 Å². The first-order valence-electron chi connectivity index (χ1n) is 8.49. The molecule has 1 aromatic carbocycles. The fraction of sp³-hybridized carbons (Fsp3) is 0.556. The Balaban J connectivity index is 2.18. The average Bonchev–Trinajstić information content (AvgIpc) is 2.55. The molecule has 0 spiro atoms. The largest absolute Gasteiger partial charge is 0.489 e. The molecule has 0 aliphatic heterocycles. The number of aromatic carboxylic acids is 1.